The van der Waals surface area contributed by atoms with Gasteiger partial charge in [0, 0.05) is 19.3 Å². The highest BCUT2D eigenvalue weighted by atomic mass is 16.6. The first-order chi connectivity index (χ1) is 19.1. The number of carbonyl (C=O) groups is 3. The molecule has 0 fully saturated rings. The van der Waals surface area contributed by atoms with Crippen LogP contribution in [0.5, 0.6) is 0 Å². The van der Waals surface area contributed by atoms with Gasteiger partial charge in [-0.05, 0) is 25.7 Å². The number of likely N-dealkylation sites (N-methyl/N-ethyl adjacent to an activating group) is 1. The summed E-state index contributed by atoms with van der Waals surface area (Å²) in [6.07, 6.45) is 21.1. The Hall–Kier alpha value is -2.19. The summed E-state index contributed by atoms with van der Waals surface area (Å²) < 4.78 is 16.8. The third kappa shape index (κ3) is 22.6. The summed E-state index contributed by atoms with van der Waals surface area (Å²) in [5.74, 6) is -1.84. The van der Waals surface area contributed by atoms with Gasteiger partial charge in [0.2, 0.25) is 0 Å². The van der Waals surface area contributed by atoms with Crippen LogP contribution < -0.4 is 5.11 Å². The zero-order chi connectivity index (χ0) is 30.1. The predicted octanol–water partition coefficient (Wildman–Crippen LogP) is 5.29. The monoisotopic (exact) mass is 567 g/mol. The van der Waals surface area contributed by atoms with E-state index in [9.17, 15) is 19.5 Å². The standard InChI is InChI=1S/C32H57NO7/c1-6-8-10-12-14-15-17-18-20-22-30(34)39-27-28(26-38-25-24-29(32(36)37)33(3,4)5)40-31(35)23-21-19-16-13-11-9-7-2/h9,11,16,19,28-29H,6-8,10,12-15,17-18,20-27H2,1-5H3/b11-9+,19-16+. The fraction of sp³-hybridized carbons (Fsp3) is 0.781. The molecule has 8 heteroatoms. The van der Waals surface area contributed by atoms with E-state index in [1.165, 1.54) is 38.5 Å². The molecule has 8 nitrogen and oxygen atoms in total. The van der Waals surface area contributed by atoms with Crippen LogP contribution in [0.25, 0.3) is 0 Å². The summed E-state index contributed by atoms with van der Waals surface area (Å²) in [7, 11) is 5.35. The number of ether oxygens (including phenoxy) is 3. The Morgan fingerprint density at radius 3 is 2.00 bits per heavy atom. The van der Waals surface area contributed by atoms with Crippen LogP contribution in [-0.4, -0.2) is 75.5 Å². The molecule has 0 amide bonds. The fourth-order valence-electron chi connectivity index (χ4n) is 4.19. The molecule has 232 valence electrons. The number of hydrogen-bond donors (Lipinski definition) is 0. The van der Waals surface area contributed by atoms with Crippen molar-refractivity contribution < 1.29 is 38.2 Å². The van der Waals surface area contributed by atoms with Gasteiger partial charge < -0.3 is 28.6 Å². The molecule has 0 aliphatic carbocycles. The second-order valence-corrected chi connectivity index (χ2v) is 11.3. The molecule has 0 aliphatic rings. The highest BCUT2D eigenvalue weighted by Crippen LogP contribution is 2.12. The summed E-state index contributed by atoms with van der Waals surface area (Å²) in [5.41, 5.74) is 0. The van der Waals surface area contributed by atoms with Gasteiger partial charge in [0.15, 0.2) is 6.10 Å². The molecule has 40 heavy (non-hydrogen) atoms. The smallest absolute Gasteiger partial charge is 0.306 e. The highest BCUT2D eigenvalue weighted by molar-refractivity contribution is 5.70. The maximum atomic E-state index is 12.4. The lowest BCUT2D eigenvalue weighted by molar-refractivity contribution is -0.889. The van der Waals surface area contributed by atoms with Gasteiger partial charge in [-0.1, -0.05) is 89.5 Å². The number of allylic oxidation sites excluding steroid dienone is 4. The van der Waals surface area contributed by atoms with E-state index in [0.29, 0.717) is 12.8 Å². The van der Waals surface area contributed by atoms with E-state index < -0.39 is 24.1 Å². The Morgan fingerprint density at radius 1 is 0.775 bits per heavy atom. The van der Waals surface area contributed by atoms with E-state index in [1.807, 2.05) is 12.2 Å². The van der Waals surface area contributed by atoms with Crippen LogP contribution in [0.4, 0.5) is 0 Å². The number of nitrogens with zero attached hydrogens (tertiary/aromatic N) is 1. The number of carboxylic acid groups (broad SMARTS) is 1. The average molecular weight is 568 g/mol. The maximum absolute atomic E-state index is 12.4. The van der Waals surface area contributed by atoms with Crippen molar-refractivity contribution in [1.29, 1.82) is 0 Å². The van der Waals surface area contributed by atoms with E-state index in [0.717, 1.165) is 32.1 Å². The van der Waals surface area contributed by atoms with Crippen LogP contribution in [0, 0.1) is 0 Å². The van der Waals surface area contributed by atoms with Gasteiger partial charge in [-0.25, -0.2) is 0 Å². The van der Waals surface area contributed by atoms with Gasteiger partial charge in [-0.2, -0.15) is 0 Å². The van der Waals surface area contributed by atoms with Gasteiger partial charge in [-0.3, -0.25) is 9.59 Å². The van der Waals surface area contributed by atoms with Crippen LogP contribution >= 0.6 is 0 Å². The minimum atomic E-state index is -1.14. The van der Waals surface area contributed by atoms with Crippen molar-refractivity contribution in [2.75, 3.05) is 41.0 Å². The summed E-state index contributed by atoms with van der Waals surface area (Å²) in [6, 6.07) is -0.728. The number of esters is 2. The molecule has 0 aliphatic heterocycles. The van der Waals surface area contributed by atoms with Gasteiger partial charge >= 0.3 is 11.9 Å². The van der Waals surface area contributed by atoms with Crippen LogP contribution in [0.3, 0.4) is 0 Å². The van der Waals surface area contributed by atoms with Gasteiger partial charge in [0.1, 0.15) is 12.6 Å². The molecule has 0 N–H and O–H groups in total. The lowest BCUT2D eigenvalue weighted by Gasteiger charge is -2.34. The molecule has 0 radical (unpaired) electrons. The molecule has 0 bridgehead atoms. The van der Waals surface area contributed by atoms with Crippen LogP contribution in [-0.2, 0) is 28.6 Å². The lowest BCUT2D eigenvalue weighted by atomic mass is 10.1. The van der Waals surface area contributed by atoms with Crippen molar-refractivity contribution in [3.05, 3.63) is 24.3 Å². The SMILES string of the molecule is CC/C=C/C/C=C/CCC(=O)OC(COCCC(C(=O)[O-])[N+](C)(C)C)COC(=O)CCCCCCCCCCC. The van der Waals surface area contributed by atoms with Gasteiger partial charge in [0.25, 0.3) is 0 Å². The number of carboxylic acids is 1. The molecule has 2 atom stereocenters. The molecule has 0 aromatic rings. The molecule has 2 unspecified atom stereocenters. The van der Waals surface area contributed by atoms with Crippen LogP contribution in [0.1, 0.15) is 110 Å². The highest BCUT2D eigenvalue weighted by Gasteiger charge is 2.25. The Kier molecular flexibility index (Phi) is 23.2. The van der Waals surface area contributed by atoms with E-state index in [-0.39, 0.29) is 43.1 Å². The number of unbranched alkanes of at least 4 members (excludes halogenated alkanes) is 8. The van der Waals surface area contributed by atoms with E-state index in [4.69, 9.17) is 14.2 Å². The first kappa shape index (κ1) is 37.8. The molecular weight excluding hydrogens is 510 g/mol. The third-order valence-corrected chi connectivity index (χ3v) is 6.62. The van der Waals surface area contributed by atoms with Crippen molar-refractivity contribution in [3.8, 4) is 0 Å². The molecule has 0 heterocycles. The molecule has 0 saturated carbocycles. The molecular formula is C32H57NO7. The average Bonchev–Trinajstić information content (AvgIpc) is 2.89. The Balaban J connectivity index is 4.57. The molecule has 0 aromatic carbocycles. The Labute approximate surface area is 243 Å². The maximum Gasteiger partial charge on any atom is 0.306 e. The van der Waals surface area contributed by atoms with Crippen molar-refractivity contribution >= 4 is 17.9 Å². The number of aliphatic carboxylic acids is 1. The second-order valence-electron chi connectivity index (χ2n) is 11.3. The normalized spacial score (nSPS) is 13.5. The van der Waals surface area contributed by atoms with Crippen molar-refractivity contribution in [2.45, 2.75) is 122 Å². The van der Waals surface area contributed by atoms with Crippen molar-refractivity contribution in [2.24, 2.45) is 0 Å². The lowest BCUT2D eigenvalue weighted by Crippen LogP contribution is -2.55. The van der Waals surface area contributed by atoms with E-state index in [2.05, 4.69) is 26.0 Å². The number of rotatable bonds is 26. The largest absolute Gasteiger partial charge is 0.544 e. The molecule has 0 aromatic heterocycles. The second kappa shape index (κ2) is 24.6. The van der Waals surface area contributed by atoms with Crippen LogP contribution in [0.15, 0.2) is 24.3 Å². The summed E-state index contributed by atoms with van der Waals surface area (Å²) in [4.78, 5) is 36.1. The van der Waals surface area contributed by atoms with Crippen LogP contribution in [0.2, 0.25) is 0 Å². The number of hydrogen-bond acceptors (Lipinski definition) is 7. The van der Waals surface area contributed by atoms with Gasteiger partial charge in [-0.15, -0.1) is 0 Å². The molecule has 0 saturated heterocycles. The minimum Gasteiger partial charge on any atom is -0.544 e. The first-order valence-corrected chi connectivity index (χ1v) is 15.4. The Bertz CT molecular complexity index is 727. The summed E-state index contributed by atoms with van der Waals surface area (Å²) in [6.45, 7) is 4.39. The van der Waals surface area contributed by atoms with Crippen molar-refractivity contribution in [1.82, 2.24) is 0 Å². The Morgan fingerprint density at radius 2 is 1.40 bits per heavy atom. The number of quaternary nitrogens is 1. The zero-order valence-electron chi connectivity index (χ0n) is 26.0. The topological polar surface area (TPSA) is 102 Å². The van der Waals surface area contributed by atoms with E-state index >= 15 is 0 Å². The summed E-state index contributed by atoms with van der Waals surface area (Å²) in [5, 5.41) is 11.5. The molecule has 0 rings (SSSR count). The fourth-order valence-corrected chi connectivity index (χ4v) is 4.19. The number of carbonyl (C=O) groups excluding carboxylic acids is 3. The quantitative estimate of drug-likeness (QED) is 0.0606. The third-order valence-electron chi connectivity index (χ3n) is 6.62. The van der Waals surface area contributed by atoms with E-state index in [1.54, 1.807) is 21.1 Å². The zero-order valence-corrected chi connectivity index (χ0v) is 26.0. The van der Waals surface area contributed by atoms with Gasteiger partial charge in [0.05, 0.1) is 40.3 Å². The molecule has 0 spiro atoms. The predicted molar refractivity (Wildman–Crippen MR) is 157 cm³/mol. The first-order valence-electron chi connectivity index (χ1n) is 15.4. The minimum absolute atomic E-state index is 0.0195. The van der Waals surface area contributed by atoms with Crippen molar-refractivity contribution in [3.63, 3.8) is 0 Å². The summed E-state index contributed by atoms with van der Waals surface area (Å²) >= 11 is 0.